The highest BCUT2D eigenvalue weighted by molar-refractivity contribution is 5.53. The van der Waals surface area contributed by atoms with Gasteiger partial charge >= 0.3 is 0 Å². The molecule has 0 amide bonds. The molecule has 1 aliphatic rings. The van der Waals surface area contributed by atoms with E-state index in [9.17, 15) is 0 Å². The van der Waals surface area contributed by atoms with Crippen LogP contribution >= 0.6 is 0 Å². The summed E-state index contributed by atoms with van der Waals surface area (Å²) in [6.45, 7) is 9.95. The minimum absolute atomic E-state index is 0.301. The molecule has 0 saturated carbocycles. The maximum Gasteiger partial charge on any atom is 0.0674 e. The third kappa shape index (κ3) is 3.00. The van der Waals surface area contributed by atoms with Crippen molar-refractivity contribution in [3.8, 4) is 0 Å². The Balaban J connectivity index is 2.11. The third-order valence-corrected chi connectivity index (χ3v) is 3.59. The van der Waals surface area contributed by atoms with Crippen LogP contribution in [-0.2, 0) is 11.3 Å². The van der Waals surface area contributed by atoms with E-state index < -0.39 is 0 Å². The van der Waals surface area contributed by atoms with E-state index in [1.165, 1.54) is 0 Å². The van der Waals surface area contributed by atoms with Crippen LogP contribution in [0.2, 0.25) is 0 Å². The number of aryl methyl sites for hydroxylation is 1. The number of rotatable bonds is 2. The number of pyridine rings is 1. The highest BCUT2D eigenvalue weighted by Crippen LogP contribution is 2.20. The molecule has 0 aromatic carbocycles. The highest BCUT2D eigenvalue weighted by Gasteiger charge is 2.17. The van der Waals surface area contributed by atoms with E-state index in [0.29, 0.717) is 6.10 Å². The smallest absolute Gasteiger partial charge is 0.0674 e. The zero-order valence-corrected chi connectivity index (χ0v) is 11.6. The minimum Gasteiger partial charge on any atom is -0.398 e. The Kier molecular flexibility index (Phi) is 4.19. The standard InChI is InChI=1S/C14H23N3O/c1-10-7-16-13(12(3)14(10)15)9-17-5-4-6-18-11(2)8-17/h7,11H,4-6,8-9H2,1-3H3,(H2,15,16). The van der Waals surface area contributed by atoms with Gasteiger partial charge in [-0.05, 0) is 38.3 Å². The summed E-state index contributed by atoms with van der Waals surface area (Å²) in [6.07, 6.45) is 3.26. The van der Waals surface area contributed by atoms with Crippen molar-refractivity contribution >= 4 is 5.69 Å². The fourth-order valence-corrected chi connectivity index (χ4v) is 2.39. The summed E-state index contributed by atoms with van der Waals surface area (Å²) in [7, 11) is 0. The van der Waals surface area contributed by atoms with E-state index in [1.807, 2.05) is 13.1 Å². The molecule has 1 aliphatic heterocycles. The minimum atomic E-state index is 0.301. The average Bonchev–Trinajstić information content (AvgIpc) is 2.54. The Hall–Kier alpha value is -1.13. The van der Waals surface area contributed by atoms with Gasteiger partial charge in [0.2, 0.25) is 0 Å². The van der Waals surface area contributed by atoms with Gasteiger partial charge in [-0.25, -0.2) is 0 Å². The van der Waals surface area contributed by atoms with Crippen molar-refractivity contribution in [2.45, 2.75) is 39.8 Å². The van der Waals surface area contributed by atoms with Crippen LogP contribution in [0, 0.1) is 13.8 Å². The Morgan fingerprint density at radius 1 is 1.50 bits per heavy atom. The Bertz CT molecular complexity index is 420. The molecular weight excluding hydrogens is 226 g/mol. The van der Waals surface area contributed by atoms with Gasteiger partial charge in [0.15, 0.2) is 0 Å². The second-order valence-electron chi connectivity index (χ2n) is 5.20. The van der Waals surface area contributed by atoms with Gasteiger partial charge in [-0.2, -0.15) is 0 Å². The second-order valence-corrected chi connectivity index (χ2v) is 5.20. The molecule has 1 atom stereocenters. The molecule has 0 spiro atoms. The fourth-order valence-electron chi connectivity index (χ4n) is 2.39. The molecule has 4 heteroatoms. The quantitative estimate of drug-likeness (QED) is 0.869. The molecule has 1 aromatic heterocycles. The summed E-state index contributed by atoms with van der Waals surface area (Å²) < 4.78 is 5.66. The first-order valence-corrected chi connectivity index (χ1v) is 6.62. The van der Waals surface area contributed by atoms with Crippen LogP contribution in [0.15, 0.2) is 6.20 Å². The summed E-state index contributed by atoms with van der Waals surface area (Å²) in [4.78, 5) is 6.93. The molecule has 1 saturated heterocycles. The molecular formula is C14H23N3O. The zero-order valence-electron chi connectivity index (χ0n) is 11.6. The monoisotopic (exact) mass is 249 g/mol. The molecule has 1 unspecified atom stereocenters. The summed E-state index contributed by atoms with van der Waals surface area (Å²) >= 11 is 0. The van der Waals surface area contributed by atoms with Gasteiger partial charge in [0.1, 0.15) is 0 Å². The predicted molar refractivity (Wildman–Crippen MR) is 73.4 cm³/mol. The first kappa shape index (κ1) is 13.3. The molecule has 2 N–H and O–H groups in total. The van der Waals surface area contributed by atoms with Crippen LogP contribution in [0.4, 0.5) is 5.69 Å². The maximum atomic E-state index is 6.06. The second kappa shape index (κ2) is 5.67. The molecule has 1 fully saturated rings. The van der Waals surface area contributed by atoms with Crippen molar-refractivity contribution in [1.82, 2.24) is 9.88 Å². The van der Waals surface area contributed by atoms with Crippen LogP contribution in [0.1, 0.15) is 30.2 Å². The van der Waals surface area contributed by atoms with E-state index in [-0.39, 0.29) is 0 Å². The van der Waals surface area contributed by atoms with Gasteiger partial charge in [-0.15, -0.1) is 0 Å². The van der Waals surface area contributed by atoms with Crippen molar-refractivity contribution in [2.75, 3.05) is 25.4 Å². The number of aromatic nitrogens is 1. The SMILES string of the molecule is Cc1cnc(CN2CCCOC(C)C2)c(C)c1N. The van der Waals surface area contributed by atoms with Crippen LogP contribution in [-0.4, -0.2) is 35.7 Å². The van der Waals surface area contributed by atoms with Crippen molar-refractivity contribution in [3.63, 3.8) is 0 Å². The van der Waals surface area contributed by atoms with Crippen LogP contribution in [0.25, 0.3) is 0 Å². The molecule has 0 radical (unpaired) electrons. The van der Waals surface area contributed by atoms with Gasteiger partial charge in [0.05, 0.1) is 11.8 Å². The number of ether oxygens (including phenoxy) is 1. The maximum absolute atomic E-state index is 6.06. The topological polar surface area (TPSA) is 51.4 Å². The van der Waals surface area contributed by atoms with Gasteiger partial charge in [-0.3, -0.25) is 9.88 Å². The first-order valence-electron chi connectivity index (χ1n) is 6.62. The number of anilines is 1. The molecule has 1 aromatic rings. The van der Waals surface area contributed by atoms with E-state index >= 15 is 0 Å². The van der Waals surface area contributed by atoms with Crippen molar-refractivity contribution < 1.29 is 4.74 Å². The highest BCUT2D eigenvalue weighted by atomic mass is 16.5. The largest absolute Gasteiger partial charge is 0.398 e. The zero-order chi connectivity index (χ0) is 13.1. The average molecular weight is 249 g/mol. The van der Waals surface area contributed by atoms with Crippen LogP contribution in [0.5, 0.6) is 0 Å². The molecule has 0 bridgehead atoms. The van der Waals surface area contributed by atoms with Gasteiger partial charge in [0, 0.05) is 38.1 Å². The molecule has 2 heterocycles. The fraction of sp³-hybridized carbons (Fsp3) is 0.643. The lowest BCUT2D eigenvalue weighted by molar-refractivity contribution is 0.0666. The Morgan fingerprint density at radius 2 is 2.28 bits per heavy atom. The summed E-state index contributed by atoms with van der Waals surface area (Å²) in [5, 5.41) is 0. The lowest BCUT2D eigenvalue weighted by atomic mass is 10.1. The van der Waals surface area contributed by atoms with Gasteiger partial charge < -0.3 is 10.5 Å². The first-order chi connectivity index (χ1) is 8.58. The lowest BCUT2D eigenvalue weighted by Gasteiger charge is -2.22. The molecule has 4 nitrogen and oxygen atoms in total. The van der Waals surface area contributed by atoms with Crippen molar-refractivity contribution in [1.29, 1.82) is 0 Å². The number of hydrogen-bond acceptors (Lipinski definition) is 4. The third-order valence-electron chi connectivity index (χ3n) is 3.59. The molecule has 2 rings (SSSR count). The van der Waals surface area contributed by atoms with Crippen molar-refractivity contribution in [3.05, 3.63) is 23.0 Å². The van der Waals surface area contributed by atoms with E-state index in [1.54, 1.807) is 0 Å². The normalized spacial score (nSPS) is 21.8. The summed E-state index contributed by atoms with van der Waals surface area (Å²) in [5.41, 5.74) is 10.2. The Labute approximate surface area is 109 Å². The van der Waals surface area contributed by atoms with E-state index in [4.69, 9.17) is 10.5 Å². The summed E-state index contributed by atoms with van der Waals surface area (Å²) in [5.74, 6) is 0. The molecule has 0 aliphatic carbocycles. The summed E-state index contributed by atoms with van der Waals surface area (Å²) in [6, 6.07) is 0. The molecule has 100 valence electrons. The van der Waals surface area contributed by atoms with E-state index in [0.717, 1.165) is 55.2 Å². The van der Waals surface area contributed by atoms with Crippen molar-refractivity contribution in [2.24, 2.45) is 0 Å². The number of nitrogens with two attached hydrogens (primary N) is 1. The predicted octanol–water partition coefficient (Wildman–Crippen LogP) is 1.89. The van der Waals surface area contributed by atoms with Gasteiger partial charge in [-0.1, -0.05) is 0 Å². The van der Waals surface area contributed by atoms with Crippen LogP contribution in [0.3, 0.4) is 0 Å². The Morgan fingerprint density at radius 3 is 3.06 bits per heavy atom. The number of hydrogen-bond donors (Lipinski definition) is 1. The van der Waals surface area contributed by atoms with E-state index in [2.05, 4.69) is 23.7 Å². The lowest BCUT2D eigenvalue weighted by Crippen LogP contribution is -2.30. The molecule has 18 heavy (non-hydrogen) atoms. The van der Waals surface area contributed by atoms with Crippen LogP contribution < -0.4 is 5.73 Å². The van der Waals surface area contributed by atoms with Gasteiger partial charge in [0.25, 0.3) is 0 Å². The number of nitrogen functional groups attached to an aromatic ring is 1. The number of nitrogens with zero attached hydrogens (tertiary/aromatic N) is 2.